The van der Waals surface area contributed by atoms with Crippen molar-refractivity contribution < 1.29 is 14.3 Å². The third-order valence-corrected chi connectivity index (χ3v) is 7.70. The highest BCUT2D eigenvalue weighted by molar-refractivity contribution is 7.99. The van der Waals surface area contributed by atoms with Crippen molar-refractivity contribution in [3.63, 3.8) is 0 Å². The molecule has 5 rings (SSSR count). The first-order valence-electron chi connectivity index (χ1n) is 11.0. The molecule has 1 amide bonds. The molecule has 10 heteroatoms. The summed E-state index contributed by atoms with van der Waals surface area (Å²) in [5.41, 5.74) is 4.12. The predicted molar refractivity (Wildman–Crippen MR) is 130 cm³/mol. The number of benzene rings is 1. The molecule has 1 aliphatic carbocycles. The van der Waals surface area contributed by atoms with Gasteiger partial charge in [0.2, 0.25) is 11.1 Å². The number of esters is 1. The zero-order valence-corrected chi connectivity index (χ0v) is 20.0. The Morgan fingerprint density at radius 3 is 2.88 bits per heavy atom. The summed E-state index contributed by atoms with van der Waals surface area (Å²) in [6.07, 6.45) is 2.80. The molecule has 170 valence electrons. The number of hydrogen-bond donors (Lipinski definition) is 1. The number of aromatic nitrogens is 4. The highest BCUT2D eigenvalue weighted by atomic mass is 32.2. The summed E-state index contributed by atoms with van der Waals surface area (Å²) < 4.78 is 7.33. The van der Waals surface area contributed by atoms with Crippen molar-refractivity contribution in [2.24, 2.45) is 0 Å². The summed E-state index contributed by atoms with van der Waals surface area (Å²) in [6, 6.07) is 8.02. The zero-order chi connectivity index (χ0) is 22.9. The van der Waals surface area contributed by atoms with E-state index in [0.29, 0.717) is 22.3 Å². The minimum Gasteiger partial charge on any atom is -0.462 e. The topological polar surface area (TPSA) is 99.0 Å². The van der Waals surface area contributed by atoms with Crippen molar-refractivity contribution in [3.8, 4) is 0 Å². The third kappa shape index (κ3) is 3.97. The van der Waals surface area contributed by atoms with Gasteiger partial charge in [0.05, 0.1) is 23.4 Å². The van der Waals surface area contributed by atoms with Crippen molar-refractivity contribution in [2.75, 3.05) is 17.7 Å². The quantitative estimate of drug-likeness (QED) is 0.307. The first-order chi connectivity index (χ1) is 16.1. The van der Waals surface area contributed by atoms with Crippen molar-refractivity contribution in [1.29, 1.82) is 0 Å². The van der Waals surface area contributed by atoms with Crippen LogP contribution in [0.2, 0.25) is 0 Å². The van der Waals surface area contributed by atoms with Crippen LogP contribution in [0, 0.1) is 0 Å². The van der Waals surface area contributed by atoms with Gasteiger partial charge < -0.3 is 14.6 Å². The summed E-state index contributed by atoms with van der Waals surface area (Å²) in [5.74, 6) is -0.472. The second-order valence-electron chi connectivity index (χ2n) is 7.65. The molecule has 0 atom stereocenters. The highest BCUT2D eigenvalue weighted by Gasteiger charge is 2.28. The number of nitrogens with one attached hydrogen (secondary N) is 1. The molecule has 3 heterocycles. The average Bonchev–Trinajstić information content (AvgIpc) is 3.48. The number of hydrogen-bond acceptors (Lipinski definition) is 8. The Balaban J connectivity index is 1.34. The van der Waals surface area contributed by atoms with E-state index in [-0.39, 0.29) is 17.6 Å². The fourth-order valence-electron chi connectivity index (χ4n) is 4.27. The average molecular weight is 482 g/mol. The fourth-order valence-corrected chi connectivity index (χ4v) is 6.15. The minimum atomic E-state index is -0.370. The monoisotopic (exact) mass is 481 g/mol. The van der Waals surface area contributed by atoms with Crippen LogP contribution >= 0.6 is 23.1 Å². The first-order valence-corrected chi connectivity index (χ1v) is 12.8. The molecule has 4 aromatic rings. The van der Waals surface area contributed by atoms with E-state index in [1.165, 1.54) is 23.1 Å². The van der Waals surface area contributed by atoms with Crippen LogP contribution in [0.15, 0.2) is 29.4 Å². The number of ether oxygens (including phenoxy) is 1. The Morgan fingerprint density at radius 1 is 1.21 bits per heavy atom. The maximum atomic E-state index is 12.7. The van der Waals surface area contributed by atoms with Gasteiger partial charge in [-0.2, -0.15) is 0 Å². The Kier molecular flexibility index (Phi) is 6.03. The number of para-hydroxylation sites is 1. The molecular weight excluding hydrogens is 458 g/mol. The van der Waals surface area contributed by atoms with E-state index in [1.807, 2.05) is 24.3 Å². The smallest absolute Gasteiger partial charge is 0.341 e. The molecule has 1 N–H and O–H groups in total. The lowest BCUT2D eigenvalue weighted by atomic mass is 10.1. The molecule has 1 aromatic carbocycles. The Morgan fingerprint density at radius 2 is 2.06 bits per heavy atom. The molecular formula is C23H23N5O3S2. The van der Waals surface area contributed by atoms with E-state index >= 15 is 0 Å². The summed E-state index contributed by atoms with van der Waals surface area (Å²) >= 11 is 2.70. The number of rotatable bonds is 7. The molecule has 0 bridgehead atoms. The Labute approximate surface area is 198 Å². The standard InChI is InChI=1S/C23H23N5O3S2/c1-3-28-15-10-6-5-8-13(15)19-20(28)25-23(27-26-19)32-12-17(29)24-21-18(22(30)31-4-2)14-9-7-11-16(14)33-21/h5-6,8,10H,3-4,7,9,11-12H2,1-2H3,(H,24,29). The van der Waals surface area contributed by atoms with Crippen LogP contribution in [0.4, 0.5) is 5.00 Å². The van der Waals surface area contributed by atoms with Gasteiger partial charge in [-0.3, -0.25) is 4.79 Å². The van der Waals surface area contributed by atoms with E-state index in [4.69, 9.17) is 4.74 Å². The van der Waals surface area contributed by atoms with Gasteiger partial charge in [0.1, 0.15) is 10.5 Å². The van der Waals surface area contributed by atoms with Gasteiger partial charge in [-0.25, -0.2) is 9.78 Å². The van der Waals surface area contributed by atoms with Crippen molar-refractivity contribution in [1.82, 2.24) is 19.7 Å². The number of nitrogens with zero attached hydrogens (tertiary/aromatic N) is 4. The van der Waals surface area contributed by atoms with Crippen molar-refractivity contribution in [3.05, 3.63) is 40.3 Å². The van der Waals surface area contributed by atoms with Crippen molar-refractivity contribution >= 4 is 62.0 Å². The van der Waals surface area contributed by atoms with Gasteiger partial charge in [-0.1, -0.05) is 30.0 Å². The van der Waals surface area contributed by atoms with E-state index < -0.39 is 0 Å². The van der Waals surface area contributed by atoms with E-state index in [1.54, 1.807) is 6.92 Å². The number of fused-ring (bicyclic) bond motifs is 4. The van der Waals surface area contributed by atoms with Crippen LogP contribution in [0.1, 0.15) is 41.1 Å². The fraction of sp³-hybridized carbons (Fsp3) is 0.348. The van der Waals surface area contributed by atoms with Gasteiger partial charge >= 0.3 is 5.97 Å². The normalized spacial score (nSPS) is 12.9. The van der Waals surface area contributed by atoms with Crippen LogP contribution in [0.3, 0.4) is 0 Å². The SMILES string of the molecule is CCOC(=O)c1c(NC(=O)CSc2nnc3c4ccccc4n(CC)c3n2)sc2c1CCC2. The summed E-state index contributed by atoms with van der Waals surface area (Å²) in [7, 11) is 0. The number of carbonyl (C=O) groups excluding carboxylic acids is 2. The van der Waals surface area contributed by atoms with Crippen molar-refractivity contribution in [2.45, 2.75) is 44.8 Å². The molecule has 0 saturated carbocycles. The number of thiophene rings is 1. The highest BCUT2D eigenvalue weighted by Crippen LogP contribution is 2.39. The Bertz CT molecular complexity index is 1380. The molecule has 3 aromatic heterocycles. The van der Waals surface area contributed by atoms with E-state index in [0.717, 1.165) is 58.3 Å². The van der Waals surface area contributed by atoms with Gasteiger partial charge in [-0.05, 0) is 44.7 Å². The molecule has 0 aliphatic heterocycles. The first kappa shape index (κ1) is 21.8. The van der Waals surface area contributed by atoms with Crippen LogP contribution in [-0.2, 0) is 28.9 Å². The number of amides is 1. The second kappa shape index (κ2) is 9.11. The van der Waals surface area contributed by atoms with Gasteiger partial charge in [0.25, 0.3) is 0 Å². The Hall–Kier alpha value is -2.98. The summed E-state index contributed by atoms with van der Waals surface area (Å²) in [5, 5.41) is 13.6. The number of anilines is 1. The lowest BCUT2D eigenvalue weighted by Crippen LogP contribution is -2.17. The number of aryl methyl sites for hydroxylation is 2. The molecule has 0 radical (unpaired) electrons. The largest absolute Gasteiger partial charge is 0.462 e. The number of carbonyl (C=O) groups is 2. The molecule has 0 spiro atoms. The van der Waals surface area contributed by atoms with Crippen LogP contribution < -0.4 is 5.32 Å². The zero-order valence-electron chi connectivity index (χ0n) is 18.4. The van der Waals surface area contributed by atoms with Gasteiger partial charge in [0, 0.05) is 16.8 Å². The third-order valence-electron chi connectivity index (χ3n) is 5.66. The van der Waals surface area contributed by atoms with Gasteiger partial charge in [0.15, 0.2) is 5.65 Å². The molecule has 33 heavy (non-hydrogen) atoms. The van der Waals surface area contributed by atoms with Crippen LogP contribution in [0.25, 0.3) is 22.1 Å². The van der Waals surface area contributed by atoms with E-state index in [9.17, 15) is 9.59 Å². The molecule has 0 saturated heterocycles. The maximum Gasteiger partial charge on any atom is 0.341 e. The summed E-state index contributed by atoms with van der Waals surface area (Å²) in [4.78, 5) is 31.1. The molecule has 8 nitrogen and oxygen atoms in total. The second-order valence-corrected chi connectivity index (χ2v) is 9.69. The minimum absolute atomic E-state index is 0.115. The predicted octanol–water partition coefficient (Wildman–Crippen LogP) is 4.46. The van der Waals surface area contributed by atoms with E-state index in [2.05, 4.69) is 32.0 Å². The summed E-state index contributed by atoms with van der Waals surface area (Å²) in [6.45, 7) is 4.90. The molecule has 0 unspecified atom stereocenters. The number of thioether (sulfide) groups is 1. The van der Waals surface area contributed by atoms with Gasteiger partial charge in [-0.15, -0.1) is 21.5 Å². The lowest BCUT2D eigenvalue weighted by molar-refractivity contribution is -0.113. The molecule has 0 fully saturated rings. The lowest BCUT2D eigenvalue weighted by Gasteiger charge is -2.08. The van der Waals surface area contributed by atoms with Crippen LogP contribution in [0.5, 0.6) is 0 Å². The maximum absolute atomic E-state index is 12.7. The van der Waals surface area contributed by atoms with Crippen LogP contribution in [-0.4, -0.2) is 44.0 Å². The molecule has 1 aliphatic rings.